The maximum absolute atomic E-state index is 4.45. The highest BCUT2D eigenvalue weighted by molar-refractivity contribution is 7.11. The lowest BCUT2D eigenvalue weighted by Crippen LogP contribution is -2.40. The summed E-state index contributed by atoms with van der Waals surface area (Å²) in [4.78, 5) is 12.7. The third-order valence-electron chi connectivity index (χ3n) is 5.07. The van der Waals surface area contributed by atoms with Crippen molar-refractivity contribution < 1.29 is 0 Å². The third kappa shape index (κ3) is 6.33. The Morgan fingerprint density at radius 2 is 2.15 bits per heavy atom. The molecule has 6 heteroatoms. The monoisotopic (exact) mass is 385 g/mol. The van der Waals surface area contributed by atoms with Crippen molar-refractivity contribution in [2.45, 2.75) is 32.7 Å². The van der Waals surface area contributed by atoms with Gasteiger partial charge >= 0.3 is 0 Å². The molecule has 0 spiro atoms. The van der Waals surface area contributed by atoms with Crippen LogP contribution in [-0.2, 0) is 19.4 Å². The van der Waals surface area contributed by atoms with Crippen LogP contribution in [0.15, 0.2) is 41.5 Å². The predicted molar refractivity (Wildman–Crippen MR) is 114 cm³/mol. The molecule has 1 aliphatic heterocycles. The number of thiazole rings is 1. The van der Waals surface area contributed by atoms with E-state index in [-0.39, 0.29) is 0 Å². The number of aromatic nitrogens is 1. The first-order valence-electron chi connectivity index (χ1n) is 9.91. The van der Waals surface area contributed by atoms with E-state index in [9.17, 15) is 0 Å². The van der Waals surface area contributed by atoms with Gasteiger partial charge in [0.15, 0.2) is 5.96 Å². The summed E-state index contributed by atoms with van der Waals surface area (Å²) in [5.41, 5.74) is 1.43. The minimum absolute atomic E-state index is 0.686. The van der Waals surface area contributed by atoms with Crippen LogP contribution in [0.2, 0.25) is 0 Å². The van der Waals surface area contributed by atoms with E-state index in [4.69, 9.17) is 0 Å². The smallest absolute Gasteiger partial charge is 0.191 e. The van der Waals surface area contributed by atoms with Crippen LogP contribution in [0.4, 0.5) is 0 Å². The molecule has 0 amide bonds. The Morgan fingerprint density at radius 3 is 2.89 bits per heavy atom. The Bertz CT molecular complexity index is 712. The van der Waals surface area contributed by atoms with E-state index in [1.54, 1.807) is 11.3 Å². The van der Waals surface area contributed by atoms with E-state index in [0.717, 1.165) is 43.4 Å². The summed E-state index contributed by atoms with van der Waals surface area (Å²) >= 11 is 1.77. The van der Waals surface area contributed by atoms with Gasteiger partial charge in [-0.25, -0.2) is 4.98 Å². The fraction of sp³-hybridized carbons (Fsp3) is 0.524. The molecule has 1 aromatic carbocycles. The van der Waals surface area contributed by atoms with Gasteiger partial charge in [0.05, 0.1) is 6.54 Å². The molecule has 1 atom stereocenters. The fourth-order valence-corrected chi connectivity index (χ4v) is 4.23. The molecule has 0 aliphatic carbocycles. The van der Waals surface area contributed by atoms with Crippen molar-refractivity contribution in [3.63, 3.8) is 0 Å². The largest absolute Gasteiger partial charge is 0.356 e. The third-order valence-corrected chi connectivity index (χ3v) is 6.21. The Labute approximate surface area is 166 Å². The quantitative estimate of drug-likeness (QED) is 0.542. The molecule has 1 saturated heterocycles. The maximum atomic E-state index is 4.45. The van der Waals surface area contributed by atoms with Crippen molar-refractivity contribution >= 4 is 17.3 Å². The molecule has 0 bridgehead atoms. The molecule has 146 valence electrons. The maximum Gasteiger partial charge on any atom is 0.191 e. The van der Waals surface area contributed by atoms with Gasteiger partial charge in [-0.05, 0) is 37.3 Å². The Balaban J connectivity index is 1.35. The zero-order valence-corrected chi connectivity index (χ0v) is 17.3. The molecule has 27 heavy (non-hydrogen) atoms. The van der Waals surface area contributed by atoms with E-state index in [0.29, 0.717) is 5.92 Å². The molecule has 2 N–H and O–H groups in total. The number of aliphatic imine (C=N–C) groups is 1. The second-order valence-electron chi connectivity index (χ2n) is 7.07. The van der Waals surface area contributed by atoms with Crippen molar-refractivity contribution in [3.8, 4) is 0 Å². The van der Waals surface area contributed by atoms with Gasteiger partial charge in [0.25, 0.3) is 0 Å². The molecule has 1 aliphatic rings. The molecule has 3 rings (SSSR count). The topological polar surface area (TPSA) is 52.6 Å². The summed E-state index contributed by atoms with van der Waals surface area (Å²) in [5.74, 6) is 1.55. The first-order valence-corrected chi connectivity index (χ1v) is 10.7. The van der Waals surface area contributed by atoms with Crippen LogP contribution >= 0.6 is 11.3 Å². The second kappa shape index (κ2) is 10.4. The summed E-state index contributed by atoms with van der Waals surface area (Å²) in [6, 6.07) is 10.8. The molecule has 2 heterocycles. The van der Waals surface area contributed by atoms with E-state index < -0.39 is 0 Å². The highest BCUT2D eigenvalue weighted by Crippen LogP contribution is 2.16. The molecule has 1 aromatic heterocycles. The molecule has 1 fully saturated rings. The molecule has 2 aromatic rings. The number of guanidine groups is 1. The molecular formula is C21H31N5S. The van der Waals surface area contributed by atoms with Crippen LogP contribution in [0.25, 0.3) is 0 Å². The highest BCUT2D eigenvalue weighted by Gasteiger charge is 2.22. The van der Waals surface area contributed by atoms with Crippen molar-refractivity contribution in [2.75, 3.05) is 33.2 Å². The van der Waals surface area contributed by atoms with E-state index in [1.165, 1.54) is 30.0 Å². The first kappa shape index (κ1) is 19.8. The molecule has 5 nitrogen and oxygen atoms in total. The second-order valence-corrected chi connectivity index (χ2v) is 8.27. The van der Waals surface area contributed by atoms with Crippen LogP contribution in [0.1, 0.15) is 28.8 Å². The van der Waals surface area contributed by atoms with Gasteiger partial charge < -0.3 is 15.5 Å². The van der Waals surface area contributed by atoms with Crippen LogP contribution in [-0.4, -0.2) is 49.1 Å². The van der Waals surface area contributed by atoms with Gasteiger partial charge in [-0.15, -0.1) is 11.3 Å². The summed E-state index contributed by atoms with van der Waals surface area (Å²) in [5, 5.41) is 7.98. The molecule has 0 saturated carbocycles. The number of likely N-dealkylation sites (tertiary alicyclic amines) is 1. The number of aryl methyl sites for hydroxylation is 1. The minimum Gasteiger partial charge on any atom is -0.356 e. The summed E-state index contributed by atoms with van der Waals surface area (Å²) in [7, 11) is 1.83. The summed E-state index contributed by atoms with van der Waals surface area (Å²) in [6.45, 7) is 7.39. The number of hydrogen-bond acceptors (Lipinski definition) is 4. The number of rotatable bonds is 8. The van der Waals surface area contributed by atoms with Crippen LogP contribution in [0, 0.1) is 5.92 Å². The van der Waals surface area contributed by atoms with Crippen LogP contribution in [0.3, 0.4) is 0 Å². The van der Waals surface area contributed by atoms with E-state index in [2.05, 4.69) is 62.8 Å². The fourth-order valence-electron chi connectivity index (χ4n) is 3.43. The van der Waals surface area contributed by atoms with Gasteiger partial charge in [0.2, 0.25) is 0 Å². The SMILES string of the molecule is CCc1cnc(CNC(=NC)NCC2CCN(CCc3ccccc3)C2)s1. The average molecular weight is 386 g/mol. The Morgan fingerprint density at radius 1 is 1.30 bits per heavy atom. The van der Waals surface area contributed by atoms with Crippen molar-refractivity contribution in [1.29, 1.82) is 0 Å². The molecule has 0 radical (unpaired) electrons. The summed E-state index contributed by atoms with van der Waals surface area (Å²) in [6.07, 6.45) is 5.41. The zero-order valence-electron chi connectivity index (χ0n) is 16.4. The lowest BCUT2D eigenvalue weighted by Gasteiger charge is -2.17. The van der Waals surface area contributed by atoms with Gasteiger partial charge in [0, 0.05) is 37.8 Å². The molecular weight excluding hydrogens is 354 g/mol. The van der Waals surface area contributed by atoms with Gasteiger partial charge in [-0.1, -0.05) is 37.3 Å². The van der Waals surface area contributed by atoms with Crippen molar-refractivity contribution in [1.82, 2.24) is 20.5 Å². The van der Waals surface area contributed by atoms with Gasteiger partial charge in [-0.2, -0.15) is 0 Å². The Kier molecular flexibility index (Phi) is 7.66. The first-order chi connectivity index (χ1) is 13.3. The van der Waals surface area contributed by atoms with E-state index >= 15 is 0 Å². The number of nitrogens with one attached hydrogen (secondary N) is 2. The normalized spacial score (nSPS) is 18.0. The van der Waals surface area contributed by atoms with Crippen molar-refractivity contribution in [2.24, 2.45) is 10.9 Å². The standard InChI is InChI=1S/C21H31N5S/c1-3-19-14-23-20(27-19)15-25-21(22-2)24-13-18-10-12-26(16-18)11-9-17-7-5-4-6-8-17/h4-8,14,18H,3,9-13,15-16H2,1-2H3,(H2,22,24,25). The number of benzene rings is 1. The van der Waals surface area contributed by atoms with E-state index in [1.807, 2.05) is 13.2 Å². The van der Waals surface area contributed by atoms with Crippen LogP contribution < -0.4 is 10.6 Å². The predicted octanol–water partition coefficient (Wildman–Crippen LogP) is 2.94. The number of hydrogen-bond donors (Lipinski definition) is 2. The summed E-state index contributed by atoms with van der Waals surface area (Å²) < 4.78 is 0. The lowest BCUT2D eigenvalue weighted by atomic mass is 10.1. The average Bonchev–Trinajstić information content (AvgIpc) is 3.36. The van der Waals surface area contributed by atoms with Gasteiger partial charge in [0.1, 0.15) is 5.01 Å². The minimum atomic E-state index is 0.686. The zero-order chi connectivity index (χ0) is 18.9. The number of nitrogens with zero attached hydrogens (tertiary/aromatic N) is 3. The molecule has 1 unspecified atom stereocenters. The van der Waals surface area contributed by atoms with Gasteiger partial charge in [-0.3, -0.25) is 4.99 Å². The van der Waals surface area contributed by atoms with Crippen LogP contribution in [0.5, 0.6) is 0 Å². The van der Waals surface area contributed by atoms with Crippen molar-refractivity contribution in [3.05, 3.63) is 52.0 Å². The Hall–Kier alpha value is -1.92. The highest BCUT2D eigenvalue weighted by atomic mass is 32.1. The lowest BCUT2D eigenvalue weighted by molar-refractivity contribution is 0.328.